The van der Waals surface area contributed by atoms with Gasteiger partial charge in [0.25, 0.3) is 0 Å². The van der Waals surface area contributed by atoms with Gasteiger partial charge in [0.2, 0.25) is 5.95 Å². The first-order chi connectivity index (χ1) is 10.2. The van der Waals surface area contributed by atoms with Crippen LogP contribution in [0.15, 0.2) is 6.07 Å². The highest BCUT2D eigenvalue weighted by atomic mass is 16.5. The van der Waals surface area contributed by atoms with Crippen molar-refractivity contribution in [1.29, 1.82) is 0 Å². The predicted molar refractivity (Wildman–Crippen MR) is 81.4 cm³/mol. The Morgan fingerprint density at radius 3 is 3.14 bits per heavy atom. The van der Waals surface area contributed by atoms with Crippen LogP contribution in [0, 0.1) is 6.92 Å². The van der Waals surface area contributed by atoms with Crippen molar-refractivity contribution in [3.8, 4) is 0 Å². The molecule has 0 aliphatic carbocycles. The molecule has 0 bridgehead atoms. The first kappa shape index (κ1) is 12.8. The number of fused-ring (bicyclic) bond motifs is 2. The highest BCUT2D eigenvalue weighted by Gasteiger charge is 2.29. The van der Waals surface area contributed by atoms with Gasteiger partial charge in [-0.25, -0.2) is 4.98 Å². The second-order valence-corrected chi connectivity index (χ2v) is 5.82. The lowest BCUT2D eigenvalue weighted by Crippen LogP contribution is -2.37. The fourth-order valence-electron chi connectivity index (χ4n) is 3.40. The van der Waals surface area contributed by atoms with Crippen LogP contribution in [0.4, 0.5) is 11.8 Å². The van der Waals surface area contributed by atoms with Crippen molar-refractivity contribution in [2.75, 3.05) is 30.4 Å². The Hall–Kier alpha value is -1.95. The van der Waals surface area contributed by atoms with Crippen LogP contribution in [0.5, 0.6) is 0 Å². The van der Waals surface area contributed by atoms with E-state index in [2.05, 4.69) is 14.9 Å². The number of pyridine rings is 1. The van der Waals surface area contributed by atoms with E-state index in [4.69, 9.17) is 15.5 Å². The topological polar surface area (TPSA) is 77.2 Å². The second kappa shape index (κ2) is 4.80. The molecule has 0 spiro atoms. The molecule has 2 aliphatic rings. The highest BCUT2D eigenvalue weighted by Crippen LogP contribution is 2.34. The van der Waals surface area contributed by atoms with Crippen molar-refractivity contribution < 1.29 is 4.74 Å². The molecular formula is C15H19N5O. The largest absolute Gasteiger partial charge is 0.379 e. The Balaban J connectivity index is 1.98. The van der Waals surface area contributed by atoms with Gasteiger partial charge in [0.05, 0.1) is 29.2 Å². The Morgan fingerprint density at radius 2 is 2.24 bits per heavy atom. The van der Waals surface area contributed by atoms with Crippen molar-refractivity contribution in [1.82, 2.24) is 15.0 Å². The number of nitrogen functional groups attached to an aromatic ring is 1. The summed E-state index contributed by atoms with van der Waals surface area (Å²) in [6.45, 7) is 4.51. The summed E-state index contributed by atoms with van der Waals surface area (Å²) in [5, 5.41) is 1.07. The number of nitrogens with two attached hydrogens (primary N) is 1. The summed E-state index contributed by atoms with van der Waals surface area (Å²) < 4.78 is 5.73. The Morgan fingerprint density at radius 1 is 1.33 bits per heavy atom. The average Bonchev–Trinajstić information content (AvgIpc) is 2.74. The van der Waals surface area contributed by atoms with E-state index in [9.17, 15) is 0 Å². The van der Waals surface area contributed by atoms with E-state index in [1.807, 2.05) is 13.0 Å². The Labute approximate surface area is 123 Å². The molecule has 1 atom stereocenters. The van der Waals surface area contributed by atoms with Gasteiger partial charge in [-0.3, -0.25) is 4.98 Å². The predicted octanol–water partition coefficient (Wildman–Crippen LogP) is 1.46. The van der Waals surface area contributed by atoms with Crippen LogP contribution in [-0.2, 0) is 11.2 Å². The van der Waals surface area contributed by atoms with Crippen molar-refractivity contribution in [3.05, 3.63) is 17.5 Å². The number of hydrogen-bond acceptors (Lipinski definition) is 6. The molecule has 6 heteroatoms. The van der Waals surface area contributed by atoms with Gasteiger partial charge in [0, 0.05) is 18.8 Å². The molecule has 2 N–H and O–H groups in total. The first-order valence-corrected chi connectivity index (χ1v) is 7.50. The number of hydrogen-bond donors (Lipinski definition) is 1. The molecule has 110 valence electrons. The number of aromatic nitrogens is 3. The van der Waals surface area contributed by atoms with Crippen LogP contribution in [0.3, 0.4) is 0 Å². The van der Waals surface area contributed by atoms with Gasteiger partial charge in [-0.2, -0.15) is 4.98 Å². The van der Waals surface area contributed by atoms with Crippen molar-refractivity contribution >= 4 is 22.7 Å². The van der Waals surface area contributed by atoms with E-state index >= 15 is 0 Å². The normalized spacial score (nSPS) is 21.8. The number of aryl methyl sites for hydroxylation is 2. The zero-order valence-corrected chi connectivity index (χ0v) is 12.2. The lowest BCUT2D eigenvalue weighted by atomic mass is 10.1. The van der Waals surface area contributed by atoms with Crippen LogP contribution < -0.4 is 10.6 Å². The SMILES string of the molecule is Cc1cc2nc(N)nc3c2c(n1)CCC1COCCCN31. The van der Waals surface area contributed by atoms with E-state index in [1.165, 1.54) is 0 Å². The third-order valence-corrected chi connectivity index (χ3v) is 4.31. The van der Waals surface area contributed by atoms with Gasteiger partial charge in [-0.1, -0.05) is 0 Å². The summed E-state index contributed by atoms with van der Waals surface area (Å²) in [7, 11) is 0. The molecule has 0 radical (unpaired) electrons. The third kappa shape index (κ3) is 2.10. The molecule has 1 unspecified atom stereocenters. The molecule has 2 aliphatic heterocycles. The van der Waals surface area contributed by atoms with Gasteiger partial charge >= 0.3 is 0 Å². The minimum atomic E-state index is 0.333. The third-order valence-electron chi connectivity index (χ3n) is 4.31. The van der Waals surface area contributed by atoms with Gasteiger partial charge in [0.15, 0.2) is 0 Å². The van der Waals surface area contributed by atoms with E-state index < -0.39 is 0 Å². The van der Waals surface area contributed by atoms with Gasteiger partial charge in [0.1, 0.15) is 5.82 Å². The lowest BCUT2D eigenvalue weighted by molar-refractivity contribution is 0.132. The minimum absolute atomic E-state index is 0.333. The smallest absolute Gasteiger partial charge is 0.222 e. The van der Waals surface area contributed by atoms with Crippen LogP contribution in [-0.4, -0.2) is 40.8 Å². The van der Waals surface area contributed by atoms with E-state index in [0.29, 0.717) is 12.0 Å². The monoisotopic (exact) mass is 285 g/mol. The quantitative estimate of drug-likeness (QED) is 0.789. The fraction of sp³-hybridized carbons (Fsp3) is 0.533. The molecule has 4 rings (SSSR count). The first-order valence-electron chi connectivity index (χ1n) is 7.50. The van der Waals surface area contributed by atoms with Gasteiger partial charge < -0.3 is 15.4 Å². The molecule has 0 saturated carbocycles. The second-order valence-electron chi connectivity index (χ2n) is 5.82. The molecular weight excluding hydrogens is 266 g/mol. The molecule has 1 saturated heterocycles. The summed E-state index contributed by atoms with van der Waals surface area (Å²) in [6.07, 6.45) is 2.97. The summed E-state index contributed by atoms with van der Waals surface area (Å²) in [5.41, 5.74) is 8.92. The van der Waals surface area contributed by atoms with Crippen molar-refractivity contribution in [2.45, 2.75) is 32.2 Å². The summed E-state index contributed by atoms with van der Waals surface area (Å²) in [4.78, 5) is 16.0. The molecule has 2 aromatic rings. The highest BCUT2D eigenvalue weighted by molar-refractivity contribution is 5.93. The van der Waals surface area contributed by atoms with Crippen molar-refractivity contribution in [3.63, 3.8) is 0 Å². The number of rotatable bonds is 0. The maximum atomic E-state index is 5.94. The minimum Gasteiger partial charge on any atom is -0.379 e. The van der Waals surface area contributed by atoms with E-state index in [-0.39, 0.29) is 0 Å². The molecule has 2 aromatic heterocycles. The van der Waals surface area contributed by atoms with Crippen LogP contribution in [0.25, 0.3) is 10.9 Å². The lowest BCUT2D eigenvalue weighted by Gasteiger charge is -2.29. The Kier molecular flexibility index (Phi) is 2.92. The van der Waals surface area contributed by atoms with E-state index in [0.717, 1.165) is 67.1 Å². The maximum absolute atomic E-state index is 5.94. The summed E-state index contributed by atoms with van der Waals surface area (Å²) in [5.74, 6) is 1.27. The van der Waals surface area contributed by atoms with Crippen LogP contribution in [0.2, 0.25) is 0 Å². The zero-order chi connectivity index (χ0) is 14.4. The number of nitrogens with zero attached hydrogens (tertiary/aromatic N) is 4. The molecule has 0 amide bonds. The van der Waals surface area contributed by atoms with E-state index in [1.54, 1.807) is 0 Å². The van der Waals surface area contributed by atoms with Gasteiger partial charge in [-0.05, 0) is 32.3 Å². The molecule has 1 fully saturated rings. The zero-order valence-electron chi connectivity index (χ0n) is 12.2. The fourth-order valence-corrected chi connectivity index (χ4v) is 3.40. The van der Waals surface area contributed by atoms with Crippen LogP contribution >= 0.6 is 0 Å². The molecule has 21 heavy (non-hydrogen) atoms. The average molecular weight is 285 g/mol. The molecule has 6 nitrogen and oxygen atoms in total. The van der Waals surface area contributed by atoms with Gasteiger partial charge in [-0.15, -0.1) is 0 Å². The summed E-state index contributed by atoms with van der Waals surface area (Å²) in [6, 6.07) is 2.34. The number of anilines is 2. The summed E-state index contributed by atoms with van der Waals surface area (Å²) >= 11 is 0. The molecule has 4 heterocycles. The van der Waals surface area contributed by atoms with Crippen molar-refractivity contribution in [2.24, 2.45) is 0 Å². The maximum Gasteiger partial charge on any atom is 0.222 e. The Bertz CT molecular complexity index is 697. The standard InChI is InChI=1S/C15H19N5O/c1-9-7-12-13-11(17-9)4-3-10-8-21-6-2-5-20(10)14(13)19-15(16)18-12/h7,10H,2-6,8H2,1H3,(H2,16,18,19). The molecule has 0 aromatic carbocycles. The van der Waals surface area contributed by atoms with Crippen LogP contribution in [0.1, 0.15) is 24.2 Å². The number of ether oxygens (including phenoxy) is 1.